The zero-order chi connectivity index (χ0) is 7.83. The van der Waals surface area contributed by atoms with E-state index in [9.17, 15) is 0 Å². The van der Waals surface area contributed by atoms with E-state index in [1.165, 1.54) is 12.8 Å². The Balaban J connectivity index is 2.46. The molecule has 1 aliphatic heterocycles. The molecule has 0 saturated carbocycles. The monoisotopic (exact) mass is 248 g/mol. The van der Waals surface area contributed by atoms with Gasteiger partial charge < -0.3 is 0 Å². The molecule has 1 rings (SSSR count). The summed E-state index contributed by atoms with van der Waals surface area (Å²) in [6, 6.07) is 0. The summed E-state index contributed by atoms with van der Waals surface area (Å²) < 4.78 is 3.25. The molecular weight excluding hydrogens is 227 g/mol. The van der Waals surface area contributed by atoms with Crippen LogP contribution in [0.5, 0.6) is 0 Å². The van der Waals surface area contributed by atoms with Crippen molar-refractivity contribution in [3.8, 4) is 0 Å². The van der Waals surface area contributed by atoms with Crippen LogP contribution in [0, 0.1) is 5.41 Å². The second-order valence-corrected chi connectivity index (χ2v) is 20.5. The molecule has 0 radical (unpaired) electrons. The molecule has 0 N–H and O–H groups in total. The fourth-order valence-corrected chi connectivity index (χ4v) is 10.0. The maximum absolute atomic E-state index is 2.60. The fraction of sp³-hybridized carbons (Fsp3) is 1.00. The SMILES string of the molecule is CC1(C)C[CH2][Sn]([CH3])([CH3])[CH2]C1. The first-order chi connectivity index (χ1) is 4.41. The van der Waals surface area contributed by atoms with E-state index in [0.29, 0.717) is 5.41 Å². The molecule has 10 heavy (non-hydrogen) atoms. The van der Waals surface area contributed by atoms with Crippen molar-refractivity contribution in [1.29, 1.82) is 0 Å². The zero-order valence-corrected chi connectivity index (χ0v) is 10.7. The van der Waals surface area contributed by atoms with Crippen molar-refractivity contribution in [3.05, 3.63) is 0 Å². The molecule has 1 fully saturated rings. The average Bonchev–Trinajstić information content (AvgIpc) is 1.79. The van der Waals surface area contributed by atoms with Crippen molar-refractivity contribution in [2.24, 2.45) is 5.41 Å². The second-order valence-electron chi connectivity index (χ2n) is 5.33. The molecule has 0 bridgehead atoms. The van der Waals surface area contributed by atoms with Crippen molar-refractivity contribution < 1.29 is 0 Å². The summed E-state index contributed by atoms with van der Waals surface area (Å²) in [6.07, 6.45) is 3.02. The summed E-state index contributed by atoms with van der Waals surface area (Å²) >= 11 is -1.35. The van der Waals surface area contributed by atoms with Crippen LogP contribution < -0.4 is 0 Å². The van der Waals surface area contributed by atoms with E-state index >= 15 is 0 Å². The Morgan fingerprint density at radius 1 is 1.00 bits per heavy atom. The molecule has 1 aliphatic rings. The van der Waals surface area contributed by atoms with Crippen molar-refractivity contribution in [3.63, 3.8) is 0 Å². The third kappa shape index (κ3) is 2.44. The van der Waals surface area contributed by atoms with E-state index in [1.807, 2.05) is 0 Å². The molecule has 0 amide bonds. The van der Waals surface area contributed by atoms with Gasteiger partial charge in [0.05, 0.1) is 0 Å². The van der Waals surface area contributed by atoms with Crippen LogP contribution in [-0.2, 0) is 0 Å². The van der Waals surface area contributed by atoms with Gasteiger partial charge in [0, 0.05) is 0 Å². The Labute approximate surface area is 69.3 Å². The molecule has 0 nitrogen and oxygen atoms in total. The normalized spacial score (nSPS) is 30.0. The van der Waals surface area contributed by atoms with Gasteiger partial charge in [0.1, 0.15) is 0 Å². The van der Waals surface area contributed by atoms with E-state index in [1.54, 1.807) is 8.87 Å². The molecule has 0 unspecified atom stereocenters. The van der Waals surface area contributed by atoms with Gasteiger partial charge in [-0.25, -0.2) is 0 Å². The first-order valence-electron chi connectivity index (χ1n) is 4.41. The Bertz CT molecular complexity index is 96.7. The van der Waals surface area contributed by atoms with Crippen molar-refractivity contribution in [2.75, 3.05) is 0 Å². The molecule has 1 saturated heterocycles. The van der Waals surface area contributed by atoms with Crippen LogP contribution in [0.2, 0.25) is 18.8 Å². The van der Waals surface area contributed by atoms with E-state index in [2.05, 4.69) is 23.7 Å². The van der Waals surface area contributed by atoms with Crippen LogP contribution in [0.3, 0.4) is 0 Å². The third-order valence-electron chi connectivity index (χ3n) is 2.96. The van der Waals surface area contributed by atoms with E-state index in [0.717, 1.165) is 0 Å². The van der Waals surface area contributed by atoms with Crippen LogP contribution in [0.25, 0.3) is 0 Å². The Kier molecular flexibility index (Phi) is 2.39. The second kappa shape index (κ2) is 2.69. The minimum absolute atomic E-state index is 0.687. The minimum atomic E-state index is -1.35. The molecule has 0 aliphatic carbocycles. The quantitative estimate of drug-likeness (QED) is 0.574. The van der Waals surface area contributed by atoms with Gasteiger partial charge in [-0.3, -0.25) is 0 Å². The number of rotatable bonds is 0. The summed E-state index contributed by atoms with van der Waals surface area (Å²) in [7, 11) is 0. The summed E-state index contributed by atoms with van der Waals surface area (Å²) in [5.74, 6) is 0. The van der Waals surface area contributed by atoms with Gasteiger partial charge in [0.25, 0.3) is 0 Å². The van der Waals surface area contributed by atoms with Gasteiger partial charge in [-0.15, -0.1) is 0 Å². The van der Waals surface area contributed by atoms with Crippen molar-refractivity contribution >= 4 is 18.4 Å². The molecule has 1 heteroatoms. The molecule has 0 atom stereocenters. The van der Waals surface area contributed by atoms with Crippen LogP contribution in [0.15, 0.2) is 0 Å². The molecule has 60 valence electrons. The molecule has 0 aromatic rings. The number of hydrogen-bond donors (Lipinski definition) is 0. The van der Waals surface area contributed by atoms with E-state index in [4.69, 9.17) is 0 Å². The van der Waals surface area contributed by atoms with Crippen molar-refractivity contribution in [2.45, 2.75) is 45.4 Å². The fourth-order valence-electron chi connectivity index (χ4n) is 1.60. The first kappa shape index (κ1) is 8.89. The van der Waals surface area contributed by atoms with Crippen LogP contribution in [0.1, 0.15) is 26.7 Å². The number of hydrogen-bond acceptors (Lipinski definition) is 0. The van der Waals surface area contributed by atoms with Gasteiger partial charge in [0.2, 0.25) is 0 Å². The van der Waals surface area contributed by atoms with Gasteiger partial charge in [0.15, 0.2) is 0 Å². The predicted molar refractivity (Wildman–Crippen MR) is 50.1 cm³/mol. The zero-order valence-electron chi connectivity index (χ0n) is 7.83. The van der Waals surface area contributed by atoms with E-state index < -0.39 is 18.4 Å². The molecule has 1 heterocycles. The summed E-state index contributed by atoms with van der Waals surface area (Å²) in [5, 5.41) is 0. The average molecular weight is 247 g/mol. The summed E-state index contributed by atoms with van der Waals surface area (Å²) in [6.45, 7) is 4.85. The predicted octanol–water partition coefficient (Wildman–Crippen LogP) is 3.51. The van der Waals surface area contributed by atoms with Gasteiger partial charge in [-0.1, -0.05) is 0 Å². The van der Waals surface area contributed by atoms with Gasteiger partial charge in [-0.05, 0) is 0 Å². The molecule has 0 spiro atoms. The third-order valence-corrected chi connectivity index (χ3v) is 12.1. The van der Waals surface area contributed by atoms with Crippen LogP contribution in [0.4, 0.5) is 0 Å². The van der Waals surface area contributed by atoms with Crippen LogP contribution in [-0.4, -0.2) is 18.4 Å². The van der Waals surface area contributed by atoms with Gasteiger partial charge in [-0.2, -0.15) is 0 Å². The maximum atomic E-state index is 2.60. The first-order valence-corrected chi connectivity index (χ1v) is 14.2. The molecule has 0 aromatic heterocycles. The standard InChI is InChI=1S/C7H14.2CH3.Sn/c1-5-7(3,4)6-2;;;/h1-2,5-6H2,3-4H3;2*1H3;. The molecule has 0 aromatic carbocycles. The van der Waals surface area contributed by atoms with Crippen molar-refractivity contribution in [1.82, 2.24) is 0 Å². The molecular formula is C9H20Sn. The van der Waals surface area contributed by atoms with Gasteiger partial charge >= 0.3 is 69.2 Å². The van der Waals surface area contributed by atoms with Crippen LogP contribution >= 0.6 is 0 Å². The Morgan fingerprint density at radius 2 is 1.40 bits per heavy atom. The summed E-state index contributed by atoms with van der Waals surface area (Å²) in [5.41, 5.74) is 0.687. The Morgan fingerprint density at radius 3 is 1.70 bits per heavy atom. The Hall–Kier alpha value is 0.799. The topological polar surface area (TPSA) is 0 Å². The summed E-state index contributed by atoms with van der Waals surface area (Å²) in [4.78, 5) is 5.20. The van der Waals surface area contributed by atoms with E-state index in [-0.39, 0.29) is 0 Å².